The molecule has 1 aromatic carbocycles. The zero-order valence-electron chi connectivity index (χ0n) is 9.50. The number of nitrogen functional groups attached to an aromatic ring is 1. The van der Waals surface area contributed by atoms with Gasteiger partial charge in [-0.1, -0.05) is 30.3 Å². The van der Waals surface area contributed by atoms with Gasteiger partial charge in [0.25, 0.3) is 5.91 Å². The lowest BCUT2D eigenvalue weighted by molar-refractivity contribution is 0.0860. The molecule has 0 aliphatic rings. The Morgan fingerprint density at radius 1 is 1.35 bits per heavy atom. The standard InChI is InChI=1S/C12H14N4O/c1-8-10(13)7-15-16(8)12(17)11(14)9-5-3-2-4-6-9/h2-7,11H,13-14H2,1H3. The molecule has 0 saturated heterocycles. The number of anilines is 1. The van der Waals surface area contributed by atoms with Crippen LogP contribution in [0.2, 0.25) is 0 Å². The molecule has 0 saturated carbocycles. The van der Waals surface area contributed by atoms with Crippen LogP contribution in [0.4, 0.5) is 5.69 Å². The number of carbonyl (C=O) groups excluding carboxylic acids is 1. The molecule has 5 nitrogen and oxygen atoms in total. The van der Waals surface area contributed by atoms with Crippen LogP contribution in [0.1, 0.15) is 22.1 Å². The molecule has 0 bridgehead atoms. The molecule has 0 fully saturated rings. The number of hydrogen-bond donors (Lipinski definition) is 2. The van der Waals surface area contributed by atoms with E-state index in [4.69, 9.17) is 11.5 Å². The second-order valence-corrected chi connectivity index (χ2v) is 3.82. The Morgan fingerprint density at radius 2 is 2.00 bits per heavy atom. The first-order chi connectivity index (χ1) is 8.11. The van der Waals surface area contributed by atoms with Crippen LogP contribution in [0.5, 0.6) is 0 Å². The predicted molar refractivity (Wildman–Crippen MR) is 65.4 cm³/mol. The van der Waals surface area contributed by atoms with Crippen molar-refractivity contribution in [1.82, 2.24) is 9.78 Å². The number of aromatic nitrogens is 2. The van der Waals surface area contributed by atoms with Crippen molar-refractivity contribution >= 4 is 11.6 Å². The van der Waals surface area contributed by atoms with Crippen molar-refractivity contribution < 1.29 is 4.79 Å². The van der Waals surface area contributed by atoms with Crippen LogP contribution in [0, 0.1) is 6.92 Å². The summed E-state index contributed by atoms with van der Waals surface area (Å²) in [5.41, 5.74) is 13.4. The maximum Gasteiger partial charge on any atom is 0.268 e. The van der Waals surface area contributed by atoms with Gasteiger partial charge in [-0.05, 0) is 12.5 Å². The Bertz CT molecular complexity index is 533. The molecule has 0 aliphatic carbocycles. The highest BCUT2D eigenvalue weighted by Gasteiger charge is 2.20. The molecule has 0 aliphatic heterocycles. The zero-order chi connectivity index (χ0) is 12.4. The summed E-state index contributed by atoms with van der Waals surface area (Å²) < 4.78 is 1.24. The molecule has 1 atom stereocenters. The number of nitrogens with two attached hydrogens (primary N) is 2. The van der Waals surface area contributed by atoms with Crippen LogP contribution in [-0.4, -0.2) is 15.7 Å². The first kappa shape index (κ1) is 11.3. The first-order valence-electron chi connectivity index (χ1n) is 5.26. The zero-order valence-corrected chi connectivity index (χ0v) is 9.50. The molecule has 0 amide bonds. The predicted octanol–water partition coefficient (Wildman–Crippen LogP) is 1.11. The van der Waals surface area contributed by atoms with Crippen LogP contribution in [-0.2, 0) is 0 Å². The van der Waals surface area contributed by atoms with Gasteiger partial charge in [0.15, 0.2) is 0 Å². The average Bonchev–Trinajstić information content (AvgIpc) is 2.69. The van der Waals surface area contributed by atoms with E-state index in [-0.39, 0.29) is 5.91 Å². The van der Waals surface area contributed by atoms with Crippen molar-refractivity contribution in [3.8, 4) is 0 Å². The van der Waals surface area contributed by atoms with Gasteiger partial charge in [0.2, 0.25) is 0 Å². The Hall–Kier alpha value is -2.14. The van der Waals surface area contributed by atoms with Gasteiger partial charge in [0.1, 0.15) is 6.04 Å². The Labute approximate surface area is 99.0 Å². The minimum absolute atomic E-state index is 0.287. The lowest BCUT2D eigenvalue weighted by atomic mass is 10.1. The summed E-state index contributed by atoms with van der Waals surface area (Å²) in [5, 5.41) is 3.92. The highest BCUT2D eigenvalue weighted by Crippen LogP contribution is 2.15. The van der Waals surface area contributed by atoms with Gasteiger partial charge in [-0.15, -0.1) is 0 Å². The van der Waals surface area contributed by atoms with E-state index in [0.717, 1.165) is 5.56 Å². The van der Waals surface area contributed by atoms with Gasteiger partial charge in [-0.25, -0.2) is 4.68 Å². The maximum absolute atomic E-state index is 12.1. The fraction of sp³-hybridized carbons (Fsp3) is 0.167. The fourth-order valence-corrected chi connectivity index (χ4v) is 1.58. The van der Waals surface area contributed by atoms with Gasteiger partial charge in [0, 0.05) is 0 Å². The molecule has 88 valence electrons. The van der Waals surface area contributed by atoms with Crippen LogP contribution >= 0.6 is 0 Å². The van der Waals surface area contributed by atoms with Crippen LogP contribution in [0.25, 0.3) is 0 Å². The highest BCUT2D eigenvalue weighted by atomic mass is 16.2. The molecule has 1 heterocycles. The third-order valence-electron chi connectivity index (χ3n) is 2.68. The van der Waals surface area contributed by atoms with E-state index in [0.29, 0.717) is 11.4 Å². The Morgan fingerprint density at radius 3 is 2.53 bits per heavy atom. The number of hydrogen-bond acceptors (Lipinski definition) is 4. The summed E-state index contributed by atoms with van der Waals surface area (Å²) in [6.07, 6.45) is 1.45. The van der Waals surface area contributed by atoms with Gasteiger partial charge in [-0.3, -0.25) is 4.79 Å². The first-order valence-corrected chi connectivity index (χ1v) is 5.26. The van der Waals surface area contributed by atoms with E-state index >= 15 is 0 Å². The molecule has 0 spiro atoms. The number of rotatable bonds is 2. The minimum atomic E-state index is -0.728. The molecule has 1 unspecified atom stereocenters. The summed E-state index contributed by atoms with van der Waals surface area (Å²) in [6.45, 7) is 1.73. The molecule has 2 aromatic rings. The van der Waals surface area contributed by atoms with Gasteiger partial charge < -0.3 is 11.5 Å². The molecule has 2 rings (SSSR count). The average molecular weight is 230 g/mol. The maximum atomic E-state index is 12.1. The van der Waals surface area contributed by atoms with Crippen molar-refractivity contribution in [1.29, 1.82) is 0 Å². The number of benzene rings is 1. The normalized spacial score (nSPS) is 12.4. The lowest BCUT2D eigenvalue weighted by Gasteiger charge is -2.11. The van der Waals surface area contributed by atoms with E-state index in [1.807, 2.05) is 30.3 Å². The third kappa shape index (κ3) is 2.05. The second-order valence-electron chi connectivity index (χ2n) is 3.82. The summed E-state index contributed by atoms with van der Waals surface area (Å²) in [4.78, 5) is 12.1. The molecule has 5 heteroatoms. The van der Waals surface area contributed by atoms with Crippen molar-refractivity contribution in [2.45, 2.75) is 13.0 Å². The minimum Gasteiger partial charge on any atom is -0.396 e. The number of carbonyl (C=O) groups is 1. The monoisotopic (exact) mass is 230 g/mol. The van der Waals surface area contributed by atoms with Gasteiger partial charge in [0.05, 0.1) is 17.6 Å². The van der Waals surface area contributed by atoms with E-state index < -0.39 is 6.04 Å². The smallest absolute Gasteiger partial charge is 0.268 e. The lowest BCUT2D eigenvalue weighted by Crippen LogP contribution is -2.28. The van der Waals surface area contributed by atoms with E-state index in [2.05, 4.69) is 5.10 Å². The summed E-state index contributed by atoms with van der Waals surface area (Å²) in [7, 11) is 0. The largest absolute Gasteiger partial charge is 0.396 e. The SMILES string of the molecule is Cc1c(N)cnn1C(=O)C(N)c1ccccc1. The second kappa shape index (κ2) is 4.39. The van der Waals surface area contributed by atoms with Crippen LogP contribution in [0.15, 0.2) is 36.5 Å². The summed E-state index contributed by atoms with van der Waals surface area (Å²) in [6, 6.07) is 8.45. The molecule has 0 radical (unpaired) electrons. The van der Waals surface area contributed by atoms with Crippen LogP contribution < -0.4 is 11.5 Å². The highest BCUT2D eigenvalue weighted by molar-refractivity contribution is 5.85. The van der Waals surface area contributed by atoms with Crippen molar-refractivity contribution in [2.24, 2.45) is 5.73 Å². The van der Waals surface area contributed by atoms with E-state index in [1.165, 1.54) is 10.9 Å². The topological polar surface area (TPSA) is 86.9 Å². The van der Waals surface area contributed by atoms with Gasteiger partial charge >= 0.3 is 0 Å². The molecule has 17 heavy (non-hydrogen) atoms. The quantitative estimate of drug-likeness (QED) is 0.809. The third-order valence-corrected chi connectivity index (χ3v) is 2.68. The van der Waals surface area contributed by atoms with Gasteiger partial charge in [-0.2, -0.15) is 5.10 Å². The van der Waals surface area contributed by atoms with E-state index in [1.54, 1.807) is 6.92 Å². The summed E-state index contributed by atoms with van der Waals surface area (Å²) >= 11 is 0. The Balaban J connectivity index is 2.30. The summed E-state index contributed by atoms with van der Waals surface area (Å²) in [5.74, 6) is -0.287. The fourth-order valence-electron chi connectivity index (χ4n) is 1.58. The van der Waals surface area contributed by atoms with Crippen molar-refractivity contribution in [2.75, 3.05) is 5.73 Å². The van der Waals surface area contributed by atoms with Crippen LogP contribution in [0.3, 0.4) is 0 Å². The van der Waals surface area contributed by atoms with E-state index in [9.17, 15) is 4.79 Å². The Kier molecular flexibility index (Phi) is 2.93. The molecular weight excluding hydrogens is 216 g/mol. The molecule has 1 aromatic heterocycles. The number of nitrogens with zero attached hydrogens (tertiary/aromatic N) is 2. The van der Waals surface area contributed by atoms with Crippen molar-refractivity contribution in [3.05, 3.63) is 47.8 Å². The van der Waals surface area contributed by atoms with Crippen molar-refractivity contribution in [3.63, 3.8) is 0 Å². The molecule has 4 N–H and O–H groups in total. The molecular formula is C12H14N4O.